The van der Waals surface area contributed by atoms with Gasteiger partial charge in [0.25, 0.3) is 0 Å². The van der Waals surface area contributed by atoms with E-state index in [0.717, 1.165) is 43.9 Å². The van der Waals surface area contributed by atoms with E-state index in [2.05, 4.69) is 5.32 Å². The molecule has 1 aromatic carbocycles. The van der Waals surface area contributed by atoms with Crippen LogP contribution in [-0.2, 0) is 9.47 Å². The topological polar surface area (TPSA) is 47.6 Å². The number of nitrogens with one attached hydrogen (secondary N) is 1. The van der Waals surface area contributed by atoms with Gasteiger partial charge in [0.05, 0.1) is 12.7 Å². The standard InChI is InChI=1S/C15H21NO3/c1-11-3-4-13(15(17)18-2)9-14(11)16-10-12-5-7-19-8-6-12/h3-4,9,12,16H,5-8,10H2,1-2H3. The van der Waals surface area contributed by atoms with Crippen molar-refractivity contribution < 1.29 is 14.3 Å². The van der Waals surface area contributed by atoms with E-state index in [9.17, 15) is 4.79 Å². The van der Waals surface area contributed by atoms with Crippen molar-refractivity contribution in [3.05, 3.63) is 29.3 Å². The fourth-order valence-electron chi connectivity index (χ4n) is 2.26. The molecule has 0 aromatic heterocycles. The van der Waals surface area contributed by atoms with E-state index in [1.54, 1.807) is 6.07 Å². The number of carbonyl (C=O) groups is 1. The highest BCUT2D eigenvalue weighted by Gasteiger charge is 2.14. The molecular formula is C15H21NO3. The molecule has 1 N–H and O–H groups in total. The number of hydrogen-bond donors (Lipinski definition) is 1. The van der Waals surface area contributed by atoms with E-state index in [0.29, 0.717) is 11.5 Å². The molecule has 0 aliphatic carbocycles. The van der Waals surface area contributed by atoms with Gasteiger partial charge in [-0.25, -0.2) is 4.79 Å². The number of benzene rings is 1. The van der Waals surface area contributed by atoms with Gasteiger partial charge in [0.15, 0.2) is 0 Å². The maximum atomic E-state index is 11.5. The first kappa shape index (κ1) is 13.9. The monoisotopic (exact) mass is 263 g/mol. The molecule has 104 valence electrons. The van der Waals surface area contributed by atoms with Crippen molar-refractivity contribution in [2.24, 2.45) is 5.92 Å². The molecule has 0 bridgehead atoms. The molecule has 1 aliphatic heterocycles. The molecule has 0 unspecified atom stereocenters. The maximum Gasteiger partial charge on any atom is 0.337 e. The molecule has 2 rings (SSSR count). The van der Waals surface area contributed by atoms with Crippen LogP contribution in [-0.4, -0.2) is 32.8 Å². The van der Waals surface area contributed by atoms with Crippen LogP contribution in [0.2, 0.25) is 0 Å². The summed E-state index contributed by atoms with van der Waals surface area (Å²) < 4.78 is 10.1. The number of ether oxygens (including phenoxy) is 2. The molecule has 0 spiro atoms. The van der Waals surface area contributed by atoms with Gasteiger partial charge in [-0.2, -0.15) is 0 Å². The zero-order chi connectivity index (χ0) is 13.7. The second-order valence-corrected chi connectivity index (χ2v) is 4.96. The van der Waals surface area contributed by atoms with E-state index in [1.165, 1.54) is 7.11 Å². The first-order valence-electron chi connectivity index (χ1n) is 6.71. The molecule has 1 heterocycles. The lowest BCUT2D eigenvalue weighted by atomic mass is 10.00. The Labute approximate surface area is 114 Å². The Balaban J connectivity index is 2.00. The van der Waals surface area contributed by atoms with Gasteiger partial charge in [0, 0.05) is 25.4 Å². The first-order valence-corrected chi connectivity index (χ1v) is 6.71. The maximum absolute atomic E-state index is 11.5. The number of esters is 1. The Kier molecular flexibility index (Phi) is 4.80. The van der Waals surface area contributed by atoms with Gasteiger partial charge in [-0.3, -0.25) is 0 Å². The summed E-state index contributed by atoms with van der Waals surface area (Å²) >= 11 is 0. The predicted octanol–water partition coefficient (Wildman–Crippen LogP) is 2.62. The van der Waals surface area contributed by atoms with Crippen molar-refractivity contribution in [1.29, 1.82) is 0 Å². The Hall–Kier alpha value is -1.55. The quantitative estimate of drug-likeness (QED) is 0.848. The third-order valence-corrected chi connectivity index (χ3v) is 3.58. The van der Waals surface area contributed by atoms with Crippen molar-refractivity contribution in [3.8, 4) is 0 Å². The van der Waals surface area contributed by atoms with Crippen LogP contribution in [0.15, 0.2) is 18.2 Å². The number of hydrogen-bond acceptors (Lipinski definition) is 4. The fraction of sp³-hybridized carbons (Fsp3) is 0.533. The molecule has 0 amide bonds. The summed E-state index contributed by atoms with van der Waals surface area (Å²) in [4.78, 5) is 11.5. The Morgan fingerprint density at radius 1 is 1.42 bits per heavy atom. The SMILES string of the molecule is COC(=O)c1ccc(C)c(NCC2CCOCC2)c1. The number of methoxy groups -OCH3 is 1. The van der Waals surface area contributed by atoms with Crippen molar-refractivity contribution in [2.45, 2.75) is 19.8 Å². The molecule has 1 fully saturated rings. The minimum Gasteiger partial charge on any atom is -0.465 e. The van der Waals surface area contributed by atoms with Gasteiger partial charge in [-0.1, -0.05) is 6.07 Å². The fourth-order valence-corrected chi connectivity index (χ4v) is 2.26. The van der Waals surface area contributed by atoms with Gasteiger partial charge in [-0.15, -0.1) is 0 Å². The largest absolute Gasteiger partial charge is 0.465 e. The van der Waals surface area contributed by atoms with Gasteiger partial charge < -0.3 is 14.8 Å². The average molecular weight is 263 g/mol. The summed E-state index contributed by atoms with van der Waals surface area (Å²) in [7, 11) is 1.40. The van der Waals surface area contributed by atoms with Crippen LogP contribution in [0.4, 0.5) is 5.69 Å². The van der Waals surface area contributed by atoms with Crippen LogP contribution in [0.5, 0.6) is 0 Å². The molecule has 1 aliphatic rings. The summed E-state index contributed by atoms with van der Waals surface area (Å²) in [6.45, 7) is 4.67. The highest BCUT2D eigenvalue weighted by Crippen LogP contribution is 2.20. The van der Waals surface area contributed by atoms with Gasteiger partial charge in [0.2, 0.25) is 0 Å². The molecular weight excluding hydrogens is 242 g/mol. The van der Waals surface area contributed by atoms with Crippen molar-refractivity contribution >= 4 is 11.7 Å². The lowest BCUT2D eigenvalue weighted by Gasteiger charge is -2.23. The summed E-state index contributed by atoms with van der Waals surface area (Å²) in [6, 6.07) is 5.60. The smallest absolute Gasteiger partial charge is 0.337 e. The molecule has 0 atom stereocenters. The molecule has 4 nitrogen and oxygen atoms in total. The normalized spacial score (nSPS) is 16.1. The van der Waals surface area contributed by atoms with Gasteiger partial charge in [0.1, 0.15) is 0 Å². The van der Waals surface area contributed by atoms with Crippen LogP contribution in [0, 0.1) is 12.8 Å². The predicted molar refractivity (Wildman–Crippen MR) is 74.6 cm³/mol. The van der Waals surface area contributed by atoms with E-state index < -0.39 is 0 Å². The molecule has 0 radical (unpaired) electrons. The molecule has 19 heavy (non-hydrogen) atoms. The summed E-state index contributed by atoms with van der Waals surface area (Å²) in [5.74, 6) is 0.351. The number of carbonyl (C=O) groups excluding carboxylic acids is 1. The molecule has 0 saturated carbocycles. The summed E-state index contributed by atoms with van der Waals surface area (Å²) in [5.41, 5.74) is 2.73. The zero-order valence-electron chi connectivity index (χ0n) is 11.6. The van der Waals surface area contributed by atoms with Gasteiger partial charge >= 0.3 is 5.97 Å². The van der Waals surface area contributed by atoms with Crippen molar-refractivity contribution in [2.75, 3.05) is 32.2 Å². The van der Waals surface area contributed by atoms with E-state index in [4.69, 9.17) is 9.47 Å². The minimum atomic E-state index is -0.297. The highest BCUT2D eigenvalue weighted by atomic mass is 16.5. The lowest BCUT2D eigenvalue weighted by Crippen LogP contribution is -2.23. The van der Waals surface area contributed by atoms with Crippen LogP contribution in [0.25, 0.3) is 0 Å². The van der Waals surface area contributed by atoms with Gasteiger partial charge in [-0.05, 0) is 43.4 Å². The van der Waals surface area contributed by atoms with Crippen LogP contribution in [0.3, 0.4) is 0 Å². The molecule has 1 saturated heterocycles. The number of aryl methyl sites for hydroxylation is 1. The second-order valence-electron chi connectivity index (χ2n) is 4.96. The number of rotatable bonds is 4. The highest BCUT2D eigenvalue weighted by molar-refractivity contribution is 5.90. The van der Waals surface area contributed by atoms with Crippen LogP contribution in [0.1, 0.15) is 28.8 Å². The Bertz CT molecular complexity index is 439. The van der Waals surface area contributed by atoms with Crippen molar-refractivity contribution in [1.82, 2.24) is 0 Å². The Morgan fingerprint density at radius 3 is 2.84 bits per heavy atom. The average Bonchev–Trinajstić information content (AvgIpc) is 2.46. The zero-order valence-corrected chi connectivity index (χ0v) is 11.6. The van der Waals surface area contributed by atoms with E-state index in [-0.39, 0.29) is 5.97 Å². The molecule has 1 aromatic rings. The lowest BCUT2D eigenvalue weighted by molar-refractivity contribution is 0.0601. The van der Waals surface area contributed by atoms with E-state index in [1.807, 2.05) is 19.1 Å². The first-order chi connectivity index (χ1) is 9.20. The third-order valence-electron chi connectivity index (χ3n) is 3.58. The van der Waals surface area contributed by atoms with E-state index >= 15 is 0 Å². The minimum absolute atomic E-state index is 0.297. The summed E-state index contributed by atoms with van der Waals surface area (Å²) in [6.07, 6.45) is 2.20. The third kappa shape index (κ3) is 3.70. The number of anilines is 1. The second kappa shape index (κ2) is 6.57. The Morgan fingerprint density at radius 2 is 2.16 bits per heavy atom. The van der Waals surface area contributed by atoms with Crippen LogP contribution < -0.4 is 5.32 Å². The summed E-state index contributed by atoms with van der Waals surface area (Å²) in [5, 5.41) is 3.44. The molecule has 4 heteroatoms. The van der Waals surface area contributed by atoms with Crippen LogP contribution >= 0.6 is 0 Å². The van der Waals surface area contributed by atoms with Crippen molar-refractivity contribution in [3.63, 3.8) is 0 Å².